The number of thiazole rings is 1. The van der Waals surface area contributed by atoms with Crippen LogP contribution in [0.5, 0.6) is 0 Å². The third-order valence-electron chi connectivity index (χ3n) is 6.93. The molecule has 1 atom stereocenters. The number of fused-ring (bicyclic) bond motifs is 2. The molecule has 4 aromatic rings. The Morgan fingerprint density at radius 3 is 2.41 bits per heavy atom. The van der Waals surface area contributed by atoms with Crippen LogP contribution in [0.3, 0.4) is 0 Å². The number of aromatic nitrogens is 1. The summed E-state index contributed by atoms with van der Waals surface area (Å²) >= 11 is 1.12. The molecule has 0 saturated carbocycles. The van der Waals surface area contributed by atoms with Crippen LogP contribution in [-0.2, 0) is 9.59 Å². The fraction of sp³-hybridized carbons (Fsp3) is 0.133. The molecule has 2 aliphatic heterocycles. The van der Waals surface area contributed by atoms with Gasteiger partial charge in [0.1, 0.15) is 10.3 Å². The van der Waals surface area contributed by atoms with Gasteiger partial charge >= 0.3 is 0 Å². The molecule has 1 N–H and O–H groups in total. The zero-order valence-electron chi connectivity index (χ0n) is 21.1. The van der Waals surface area contributed by atoms with Gasteiger partial charge in [0.25, 0.3) is 17.4 Å². The van der Waals surface area contributed by atoms with Gasteiger partial charge in [-0.15, -0.1) is 0 Å². The number of benzene rings is 3. The van der Waals surface area contributed by atoms with Gasteiger partial charge in [0, 0.05) is 17.8 Å². The molecule has 0 unspecified atom stereocenters. The summed E-state index contributed by atoms with van der Waals surface area (Å²) in [6.45, 7) is 4.05. The number of anilines is 2. The Labute approximate surface area is 226 Å². The second-order valence-electron chi connectivity index (χ2n) is 9.22. The highest BCUT2D eigenvalue weighted by atomic mass is 32.1. The number of amides is 2. The summed E-state index contributed by atoms with van der Waals surface area (Å²) in [5.41, 5.74) is 3.17. The number of likely N-dealkylation sites (N-methyl/N-ethyl adjacent to an activating group) is 1. The van der Waals surface area contributed by atoms with Crippen molar-refractivity contribution in [1.29, 1.82) is 0 Å². The third-order valence-corrected chi connectivity index (χ3v) is 7.98. The second-order valence-corrected chi connectivity index (χ2v) is 10.2. The highest BCUT2D eigenvalue weighted by molar-refractivity contribution is 7.07. The summed E-state index contributed by atoms with van der Waals surface area (Å²) in [5, 5.41) is 2.89. The molecule has 9 heteroatoms. The lowest BCUT2D eigenvalue weighted by molar-refractivity contribution is -0.114. The lowest BCUT2D eigenvalue weighted by atomic mass is 9.95. The van der Waals surface area contributed by atoms with Crippen LogP contribution in [0, 0.1) is 5.82 Å². The number of hydrogen-bond acceptors (Lipinski definition) is 5. The van der Waals surface area contributed by atoms with E-state index in [4.69, 9.17) is 0 Å². The molecule has 0 spiro atoms. The first-order valence-electron chi connectivity index (χ1n) is 12.5. The van der Waals surface area contributed by atoms with Crippen molar-refractivity contribution in [3.63, 3.8) is 0 Å². The Morgan fingerprint density at radius 1 is 1.00 bits per heavy atom. The largest absolute Gasteiger partial charge is 0.322 e. The molecule has 3 aromatic carbocycles. The molecule has 1 aromatic heterocycles. The van der Waals surface area contributed by atoms with Gasteiger partial charge in [-0.1, -0.05) is 59.9 Å². The van der Waals surface area contributed by atoms with Crippen molar-refractivity contribution in [2.45, 2.75) is 19.9 Å². The van der Waals surface area contributed by atoms with Gasteiger partial charge in [-0.3, -0.25) is 19.0 Å². The maximum absolute atomic E-state index is 14.1. The van der Waals surface area contributed by atoms with Crippen molar-refractivity contribution in [2.24, 2.45) is 4.99 Å². The molecular weight excluding hydrogens is 515 g/mol. The van der Waals surface area contributed by atoms with Crippen molar-refractivity contribution in [3.05, 3.63) is 127 Å². The predicted molar refractivity (Wildman–Crippen MR) is 149 cm³/mol. The molecule has 2 aliphatic rings. The molecule has 2 amide bonds. The Kier molecular flexibility index (Phi) is 6.07. The van der Waals surface area contributed by atoms with E-state index >= 15 is 0 Å². The van der Waals surface area contributed by atoms with Gasteiger partial charge in [0.05, 0.1) is 28.6 Å². The van der Waals surface area contributed by atoms with E-state index in [1.54, 1.807) is 48.2 Å². The van der Waals surface area contributed by atoms with Crippen LogP contribution in [0.25, 0.3) is 5.57 Å². The van der Waals surface area contributed by atoms with Gasteiger partial charge in [-0.2, -0.15) is 0 Å². The minimum Gasteiger partial charge on any atom is -0.322 e. The lowest BCUT2D eigenvalue weighted by Crippen LogP contribution is -2.41. The van der Waals surface area contributed by atoms with E-state index in [2.05, 4.69) is 10.3 Å². The number of nitrogens with zero attached hydrogens (tertiary/aromatic N) is 3. The average molecular weight is 539 g/mol. The fourth-order valence-corrected chi connectivity index (χ4v) is 6.29. The van der Waals surface area contributed by atoms with Crippen LogP contribution in [0.1, 0.15) is 31.0 Å². The van der Waals surface area contributed by atoms with E-state index in [1.807, 2.05) is 37.3 Å². The number of carbonyl (C=O) groups is 2. The summed E-state index contributed by atoms with van der Waals surface area (Å²) in [7, 11) is 0. The number of carbonyl (C=O) groups excluding carboxylic acids is 2. The van der Waals surface area contributed by atoms with E-state index in [0.29, 0.717) is 39.4 Å². The van der Waals surface area contributed by atoms with Gasteiger partial charge < -0.3 is 10.2 Å². The molecule has 7 nitrogen and oxygen atoms in total. The summed E-state index contributed by atoms with van der Waals surface area (Å²) in [4.78, 5) is 47.9. The Hall–Kier alpha value is -4.63. The Morgan fingerprint density at radius 2 is 1.69 bits per heavy atom. The topological polar surface area (TPSA) is 83.8 Å². The average Bonchev–Trinajstić information content (AvgIpc) is 3.40. The molecule has 39 heavy (non-hydrogen) atoms. The molecule has 194 valence electrons. The SMILES string of the molecule is CCN1C(=O)/C(=c2/sc3n(c2=O)[C@@H](c2ccc(F)cc2)C(C(=O)Nc2ccccc2)=C(C)N=3)c2ccccc21. The van der Waals surface area contributed by atoms with Crippen LogP contribution in [-0.4, -0.2) is 22.9 Å². The number of rotatable bonds is 4. The first-order chi connectivity index (χ1) is 18.9. The maximum Gasteiger partial charge on any atom is 0.271 e. The van der Waals surface area contributed by atoms with Gasteiger partial charge in [0.2, 0.25) is 0 Å². The van der Waals surface area contributed by atoms with Crippen LogP contribution in [0.4, 0.5) is 15.8 Å². The van der Waals surface area contributed by atoms with E-state index < -0.39 is 23.3 Å². The summed E-state index contributed by atoms with van der Waals surface area (Å²) in [5.74, 6) is -1.11. The summed E-state index contributed by atoms with van der Waals surface area (Å²) in [6.07, 6.45) is 0. The second kappa shape index (κ2) is 9.59. The first kappa shape index (κ1) is 24.7. The maximum atomic E-state index is 14.1. The fourth-order valence-electron chi connectivity index (χ4n) is 5.16. The van der Waals surface area contributed by atoms with Gasteiger partial charge in [-0.05, 0) is 49.7 Å². The van der Waals surface area contributed by atoms with Crippen molar-refractivity contribution in [1.82, 2.24) is 4.57 Å². The van der Waals surface area contributed by atoms with E-state index in [0.717, 1.165) is 17.0 Å². The summed E-state index contributed by atoms with van der Waals surface area (Å²) < 4.78 is 15.6. The summed E-state index contributed by atoms with van der Waals surface area (Å²) in [6, 6.07) is 21.2. The molecule has 0 bridgehead atoms. The zero-order valence-corrected chi connectivity index (χ0v) is 22.0. The quantitative estimate of drug-likeness (QED) is 0.430. The van der Waals surface area contributed by atoms with E-state index in [1.165, 1.54) is 16.7 Å². The van der Waals surface area contributed by atoms with Crippen LogP contribution >= 0.6 is 11.3 Å². The Balaban J connectivity index is 1.59. The number of nitrogens with one attached hydrogen (secondary N) is 1. The van der Waals surface area contributed by atoms with Crippen molar-refractivity contribution < 1.29 is 14.0 Å². The van der Waals surface area contributed by atoms with Crippen LogP contribution < -0.4 is 25.1 Å². The van der Waals surface area contributed by atoms with E-state index in [-0.39, 0.29) is 16.0 Å². The standard InChI is InChI=1S/C30H23FN4O3S/c1-3-34-22-12-8-7-11-21(22)24(28(34)37)26-29(38)35-25(18-13-15-19(31)16-14-18)23(17(2)32-30(35)39-26)27(36)33-20-9-5-4-6-10-20/h4-16,25H,3H2,1-2H3,(H,33,36)/b26-24+/t25-/m0/s1. The van der Waals surface area contributed by atoms with Crippen molar-refractivity contribution in [3.8, 4) is 0 Å². The number of hydrogen-bond donors (Lipinski definition) is 1. The lowest BCUT2D eigenvalue weighted by Gasteiger charge is -2.25. The minimum atomic E-state index is -0.867. The van der Waals surface area contributed by atoms with Crippen LogP contribution in [0.15, 0.2) is 99.9 Å². The molecule has 0 radical (unpaired) electrons. The Bertz CT molecular complexity index is 1860. The highest BCUT2D eigenvalue weighted by Gasteiger charge is 2.36. The molecule has 3 heterocycles. The van der Waals surface area contributed by atoms with Crippen molar-refractivity contribution in [2.75, 3.05) is 16.8 Å². The first-order valence-corrected chi connectivity index (χ1v) is 13.3. The van der Waals surface area contributed by atoms with Gasteiger partial charge in [0.15, 0.2) is 4.80 Å². The van der Waals surface area contributed by atoms with Gasteiger partial charge in [-0.25, -0.2) is 9.38 Å². The molecule has 6 rings (SSSR count). The van der Waals surface area contributed by atoms with Crippen LogP contribution in [0.2, 0.25) is 0 Å². The highest BCUT2D eigenvalue weighted by Crippen LogP contribution is 2.35. The number of para-hydroxylation sites is 2. The molecule has 0 aliphatic carbocycles. The molecule has 0 saturated heterocycles. The normalized spacial score (nSPS) is 17.6. The molecule has 0 fully saturated rings. The smallest absolute Gasteiger partial charge is 0.271 e. The minimum absolute atomic E-state index is 0.250. The monoisotopic (exact) mass is 538 g/mol. The number of allylic oxidation sites excluding steroid dienone is 1. The predicted octanol–water partition coefficient (Wildman–Crippen LogP) is 3.75. The number of halogens is 1. The zero-order chi connectivity index (χ0) is 27.3. The van der Waals surface area contributed by atoms with Crippen molar-refractivity contribution >= 4 is 40.1 Å². The third kappa shape index (κ3) is 4.02. The van der Waals surface area contributed by atoms with E-state index in [9.17, 15) is 18.8 Å². The molecular formula is C30H23FN4O3S.